The Kier molecular flexibility index (Phi) is 4.81. The molecule has 0 amide bonds. The quantitative estimate of drug-likeness (QED) is 0.864. The molecule has 1 unspecified atom stereocenters. The maximum atomic E-state index is 13.1. The van der Waals surface area contributed by atoms with Gasteiger partial charge in [-0.1, -0.05) is 30.3 Å². The normalized spacial score (nSPS) is 22.0. The van der Waals surface area contributed by atoms with Crippen LogP contribution in [-0.2, 0) is 15.4 Å². The number of aromatic nitrogens is 1. The Morgan fingerprint density at radius 1 is 1.32 bits per heavy atom. The zero-order chi connectivity index (χ0) is 18.1. The van der Waals surface area contributed by atoms with Crippen molar-refractivity contribution in [3.8, 4) is 0 Å². The van der Waals surface area contributed by atoms with Crippen LogP contribution >= 0.6 is 0 Å². The predicted octanol–water partition coefficient (Wildman–Crippen LogP) is 1.69. The van der Waals surface area contributed by atoms with Crippen LogP contribution in [0.3, 0.4) is 0 Å². The summed E-state index contributed by atoms with van der Waals surface area (Å²) in [5, 5.41) is 10.1. The van der Waals surface area contributed by atoms with E-state index in [1.54, 1.807) is 19.2 Å². The fourth-order valence-corrected chi connectivity index (χ4v) is 5.16. The number of piperidine rings is 1. The number of aliphatic hydroxyl groups is 1. The Morgan fingerprint density at radius 2 is 2.04 bits per heavy atom. The van der Waals surface area contributed by atoms with Crippen molar-refractivity contribution in [3.05, 3.63) is 53.7 Å². The van der Waals surface area contributed by atoms with E-state index in [2.05, 4.69) is 4.98 Å². The predicted molar refractivity (Wildman–Crippen MR) is 96.6 cm³/mol. The van der Waals surface area contributed by atoms with Crippen LogP contribution in [0.1, 0.15) is 24.0 Å². The van der Waals surface area contributed by atoms with E-state index in [1.807, 2.05) is 30.3 Å². The summed E-state index contributed by atoms with van der Waals surface area (Å²) in [5.41, 5.74) is 6.92. The van der Waals surface area contributed by atoms with Crippen LogP contribution in [0.4, 0.5) is 5.82 Å². The molecule has 1 aliphatic heterocycles. The molecule has 6 nitrogen and oxygen atoms in total. The summed E-state index contributed by atoms with van der Waals surface area (Å²) in [6, 6.07) is 11.1. The van der Waals surface area contributed by atoms with Crippen LogP contribution in [0.5, 0.6) is 0 Å². The Balaban J connectivity index is 1.99. The van der Waals surface area contributed by atoms with Gasteiger partial charge in [0.15, 0.2) is 0 Å². The third-order valence-corrected chi connectivity index (χ3v) is 6.74. The first-order chi connectivity index (χ1) is 11.9. The van der Waals surface area contributed by atoms with Gasteiger partial charge in [-0.05, 0) is 37.0 Å². The molecule has 2 aromatic rings. The summed E-state index contributed by atoms with van der Waals surface area (Å²) in [7, 11) is -3.77. The number of anilines is 1. The lowest BCUT2D eigenvalue weighted by atomic mass is 9.75. The molecule has 1 aliphatic rings. The topological polar surface area (TPSA) is 96.5 Å². The van der Waals surface area contributed by atoms with Gasteiger partial charge in [0.1, 0.15) is 10.7 Å². The summed E-state index contributed by atoms with van der Waals surface area (Å²) in [4.78, 5) is 4.01. The molecule has 1 saturated heterocycles. The number of pyridine rings is 1. The number of aliphatic hydroxyl groups excluding tert-OH is 1. The summed E-state index contributed by atoms with van der Waals surface area (Å²) >= 11 is 0. The highest BCUT2D eigenvalue weighted by Crippen LogP contribution is 2.36. The smallest absolute Gasteiger partial charge is 0.246 e. The van der Waals surface area contributed by atoms with Crippen molar-refractivity contribution in [2.45, 2.75) is 30.1 Å². The molecule has 0 radical (unpaired) electrons. The minimum Gasteiger partial charge on any atom is -0.395 e. The van der Waals surface area contributed by atoms with Gasteiger partial charge in [0.05, 0.1) is 6.61 Å². The lowest BCUT2D eigenvalue weighted by Crippen LogP contribution is -2.50. The average molecular weight is 361 g/mol. The molecule has 1 aromatic heterocycles. The Morgan fingerprint density at radius 3 is 2.72 bits per heavy atom. The van der Waals surface area contributed by atoms with Gasteiger partial charge in [0.2, 0.25) is 10.0 Å². The Hall–Kier alpha value is -1.96. The number of sulfonamides is 1. The van der Waals surface area contributed by atoms with Crippen LogP contribution in [0.25, 0.3) is 0 Å². The first kappa shape index (κ1) is 17.8. The number of nitrogen functional groups attached to an aromatic ring is 1. The number of aryl methyl sites for hydroxylation is 1. The van der Waals surface area contributed by atoms with Crippen molar-refractivity contribution < 1.29 is 13.5 Å². The number of nitrogens with two attached hydrogens (primary N) is 1. The fraction of sp³-hybridized carbons (Fsp3) is 0.389. The Labute approximate surface area is 148 Å². The molecule has 0 spiro atoms. The second-order valence-corrected chi connectivity index (χ2v) is 8.55. The molecule has 2 heterocycles. The van der Waals surface area contributed by atoms with Gasteiger partial charge in [0, 0.05) is 24.7 Å². The van der Waals surface area contributed by atoms with Crippen LogP contribution in [0.2, 0.25) is 0 Å². The first-order valence-corrected chi connectivity index (χ1v) is 9.72. The summed E-state index contributed by atoms with van der Waals surface area (Å²) in [6.45, 7) is 2.31. The van der Waals surface area contributed by atoms with Gasteiger partial charge >= 0.3 is 0 Å². The van der Waals surface area contributed by atoms with E-state index in [-0.39, 0.29) is 23.9 Å². The van der Waals surface area contributed by atoms with Crippen LogP contribution in [0.15, 0.2) is 47.5 Å². The molecule has 25 heavy (non-hydrogen) atoms. The van der Waals surface area contributed by atoms with E-state index in [1.165, 1.54) is 4.31 Å². The molecule has 1 atom stereocenters. The molecule has 3 rings (SSSR count). The molecule has 1 aromatic carbocycles. The van der Waals surface area contributed by atoms with Gasteiger partial charge in [-0.25, -0.2) is 13.4 Å². The van der Waals surface area contributed by atoms with Crippen molar-refractivity contribution in [3.63, 3.8) is 0 Å². The fourth-order valence-electron chi connectivity index (χ4n) is 3.44. The largest absolute Gasteiger partial charge is 0.395 e. The average Bonchev–Trinajstić information content (AvgIpc) is 2.64. The molecule has 0 bridgehead atoms. The molecule has 0 aliphatic carbocycles. The minimum absolute atomic E-state index is 0.00508. The summed E-state index contributed by atoms with van der Waals surface area (Å²) in [6.07, 6.45) is 2.96. The monoisotopic (exact) mass is 361 g/mol. The van der Waals surface area contributed by atoms with Crippen LogP contribution in [-0.4, -0.2) is 42.5 Å². The Bertz CT molecular complexity index is 855. The van der Waals surface area contributed by atoms with Crippen LogP contribution in [0, 0.1) is 6.92 Å². The van der Waals surface area contributed by atoms with E-state index in [0.717, 1.165) is 17.5 Å². The standard InChI is InChI=1S/C18H23N3O3S/c1-14-10-16(17(19)20-11-14)25(23,24)21-9-5-8-18(12-21,13-22)15-6-3-2-4-7-15/h2-4,6-7,10-11,22H,5,8-9,12-13H2,1H3,(H2,19,20). The zero-order valence-electron chi connectivity index (χ0n) is 14.2. The maximum Gasteiger partial charge on any atom is 0.246 e. The SMILES string of the molecule is Cc1cnc(N)c(S(=O)(=O)N2CCCC(CO)(c3ccccc3)C2)c1. The highest BCUT2D eigenvalue weighted by atomic mass is 32.2. The molecular formula is C18H23N3O3S. The van der Waals surface area contributed by atoms with E-state index in [9.17, 15) is 13.5 Å². The van der Waals surface area contributed by atoms with Gasteiger partial charge in [-0.2, -0.15) is 4.31 Å². The number of hydrogen-bond donors (Lipinski definition) is 2. The van der Waals surface area contributed by atoms with E-state index in [4.69, 9.17) is 5.73 Å². The number of benzene rings is 1. The summed E-state index contributed by atoms with van der Waals surface area (Å²) in [5.74, 6) is 0.00508. The number of hydrogen-bond acceptors (Lipinski definition) is 5. The molecule has 1 fully saturated rings. The molecule has 0 saturated carbocycles. The summed E-state index contributed by atoms with van der Waals surface area (Å²) < 4.78 is 27.7. The number of rotatable bonds is 4. The van der Waals surface area contributed by atoms with Crippen molar-refractivity contribution >= 4 is 15.8 Å². The second-order valence-electron chi connectivity index (χ2n) is 6.64. The highest BCUT2D eigenvalue weighted by molar-refractivity contribution is 7.89. The zero-order valence-corrected chi connectivity index (χ0v) is 15.0. The van der Waals surface area contributed by atoms with Crippen LogP contribution < -0.4 is 5.73 Å². The van der Waals surface area contributed by atoms with E-state index >= 15 is 0 Å². The van der Waals surface area contributed by atoms with Crippen molar-refractivity contribution in [2.24, 2.45) is 0 Å². The third-order valence-electron chi connectivity index (χ3n) is 4.87. The highest BCUT2D eigenvalue weighted by Gasteiger charge is 2.41. The van der Waals surface area contributed by atoms with Gasteiger partial charge in [-0.3, -0.25) is 0 Å². The minimum atomic E-state index is -3.77. The van der Waals surface area contributed by atoms with Gasteiger partial charge in [0.25, 0.3) is 0 Å². The molecule has 134 valence electrons. The molecular weight excluding hydrogens is 338 g/mol. The van der Waals surface area contributed by atoms with Crippen molar-refractivity contribution in [1.29, 1.82) is 0 Å². The van der Waals surface area contributed by atoms with Gasteiger partial charge in [-0.15, -0.1) is 0 Å². The lowest BCUT2D eigenvalue weighted by molar-refractivity contribution is 0.129. The second kappa shape index (κ2) is 6.74. The molecule has 3 N–H and O–H groups in total. The van der Waals surface area contributed by atoms with Crippen molar-refractivity contribution in [2.75, 3.05) is 25.4 Å². The van der Waals surface area contributed by atoms with Gasteiger partial charge < -0.3 is 10.8 Å². The van der Waals surface area contributed by atoms with E-state index in [0.29, 0.717) is 13.0 Å². The molecule has 7 heteroatoms. The van der Waals surface area contributed by atoms with E-state index < -0.39 is 15.4 Å². The third kappa shape index (κ3) is 3.27. The van der Waals surface area contributed by atoms with Crippen molar-refractivity contribution in [1.82, 2.24) is 9.29 Å². The first-order valence-electron chi connectivity index (χ1n) is 8.28. The lowest BCUT2D eigenvalue weighted by Gasteiger charge is -2.41. The number of nitrogens with zero attached hydrogens (tertiary/aromatic N) is 2. The maximum absolute atomic E-state index is 13.1.